The van der Waals surface area contributed by atoms with Crippen LogP contribution in [0.15, 0.2) is 42.5 Å². The minimum absolute atomic E-state index is 0.109. The molecule has 0 aromatic heterocycles. The molecular weight excluding hydrogens is 382 g/mol. The van der Waals surface area contributed by atoms with Gasteiger partial charge in [0.25, 0.3) is 5.91 Å². The molecule has 0 saturated carbocycles. The lowest BCUT2D eigenvalue weighted by Crippen LogP contribution is -2.46. The number of rotatable bonds is 5. The maximum absolute atomic E-state index is 13.1. The fourth-order valence-electron chi connectivity index (χ4n) is 3.61. The number of anilines is 2. The summed E-state index contributed by atoms with van der Waals surface area (Å²) in [4.78, 5) is 40.6. The molecule has 0 spiro atoms. The number of nitrogens with zero attached hydrogens (tertiary/aromatic N) is 2. The average molecular weight is 409 g/mol. The number of hydrogen-bond donors (Lipinski definition) is 1. The van der Waals surface area contributed by atoms with Crippen LogP contribution in [0.2, 0.25) is 0 Å². The molecule has 0 fully saturated rings. The molecule has 1 aliphatic rings. The van der Waals surface area contributed by atoms with Crippen molar-refractivity contribution in [3.8, 4) is 5.75 Å². The van der Waals surface area contributed by atoms with Crippen LogP contribution in [0.4, 0.5) is 11.4 Å². The predicted octanol–water partition coefficient (Wildman–Crippen LogP) is 2.90. The maximum atomic E-state index is 13.1. The molecule has 1 heterocycles. The molecular formula is C23H27N3O4. The van der Waals surface area contributed by atoms with Gasteiger partial charge < -0.3 is 19.9 Å². The lowest BCUT2D eigenvalue weighted by molar-refractivity contribution is -0.135. The fourth-order valence-corrected chi connectivity index (χ4v) is 3.61. The highest BCUT2D eigenvalue weighted by Crippen LogP contribution is 2.31. The van der Waals surface area contributed by atoms with Crippen molar-refractivity contribution >= 4 is 29.1 Å². The quantitative estimate of drug-likeness (QED) is 0.824. The minimum atomic E-state index is -0.323. The summed E-state index contributed by atoms with van der Waals surface area (Å²) in [7, 11) is 1.57. The third-order valence-electron chi connectivity index (χ3n) is 4.98. The molecule has 0 radical (unpaired) electrons. The number of amides is 3. The number of ether oxygens (including phenoxy) is 1. The van der Waals surface area contributed by atoms with Gasteiger partial charge in [-0.15, -0.1) is 0 Å². The second-order valence-corrected chi connectivity index (χ2v) is 7.74. The first-order valence-electron chi connectivity index (χ1n) is 9.90. The Morgan fingerprint density at radius 2 is 1.83 bits per heavy atom. The predicted molar refractivity (Wildman–Crippen MR) is 116 cm³/mol. The molecule has 158 valence electrons. The summed E-state index contributed by atoms with van der Waals surface area (Å²) in [6.45, 7) is 5.49. The van der Waals surface area contributed by atoms with E-state index in [4.69, 9.17) is 4.74 Å². The van der Waals surface area contributed by atoms with E-state index in [0.717, 1.165) is 11.1 Å². The molecule has 0 aliphatic carbocycles. The second-order valence-electron chi connectivity index (χ2n) is 7.74. The number of para-hydroxylation sites is 2. The van der Waals surface area contributed by atoms with Gasteiger partial charge in [-0.05, 0) is 56.2 Å². The Bertz CT molecular complexity index is 952. The Hall–Kier alpha value is -3.35. The fraction of sp³-hybridized carbons (Fsp3) is 0.348. The van der Waals surface area contributed by atoms with Crippen molar-refractivity contribution in [2.24, 2.45) is 0 Å². The SMILES string of the molecule is Cc1cc(C)cc(OCC(=O)N(C)CC(=O)N2c3ccccc3NC(=O)C[C@@H]2C)c1. The van der Waals surface area contributed by atoms with Gasteiger partial charge in [-0.25, -0.2) is 0 Å². The number of hydrogen-bond acceptors (Lipinski definition) is 4. The van der Waals surface area contributed by atoms with Crippen LogP contribution in [-0.2, 0) is 14.4 Å². The topological polar surface area (TPSA) is 79.0 Å². The number of benzene rings is 2. The number of fused-ring (bicyclic) bond motifs is 1. The van der Waals surface area contributed by atoms with Crippen LogP contribution >= 0.6 is 0 Å². The van der Waals surface area contributed by atoms with E-state index in [1.807, 2.05) is 45.0 Å². The summed E-state index contributed by atoms with van der Waals surface area (Å²) in [5, 5.41) is 2.83. The van der Waals surface area contributed by atoms with Gasteiger partial charge in [-0.1, -0.05) is 18.2 Å². The van der Waals surface area contributed by atoms with Crippen LogP contribution in [0.5, 0.6) is 5.75 Å². The van der Waals surface area contributed by atoms with E-state index in [1.54, 1.807) is 30.1 Å². The molecule has 7 heteroatoms. The monoisotopic (exact) mass is 409 g/mol. The molecule has 1 N–H and O–H groups in total. The number of likely N-dealkylation sites (N-methyl/N-ethyl adjacent to an activating group) is 1. The van der Waals surface area contributed by atoms with Crippen molar-refractivity contribution in [1.29, 1.82) is 0 Å². The van der Waals surface area contributed by atoms with Crippen molar-refractivity contribution in [1.82, 2.24) is 4.90 Å². The summed E-state index contributed by atoms with van der Waals surface area (Å²) in [5.41, 5.74) is 3.33. The Morgan fingerprint density at radius 3 is 2.53 bits per heavy atom. The Morgan fingerprint density at radius 1 is 1.17 bits per heavy atom. The van der Waals surface area contributed by atoms with Crippen LogP contribution in [-0.4, -0.2) is 48.9 Å². The Balaban J connectivity index is 1.67. The van der Waals surface area contributed by atoms with Gasteiger partial charge in [0.1, 0.15) is 5.75 Å². The van der Waals surface area contributed by atoms with Crippen molar-refractivity contribution in [2.75, 3.05) is 30.4 Å². The van der Waals surface area contributed by atoms with E-state index in [2.05, 4.69) is 5.32 Å². The number of aryl methyl sites for hydroxylation is 2. The Kier molecular flexibility index (Phi) is 6.40. The van der Waals surface area contributed by atoms with Crippen LogP contribution in [0.1, 0.15) is 24.5 Å². The second kappa shape index (κ2) is 8.98. The summed E-state index contributed by atoms with van der Waals surface area (Å²) < 4.78 is 5.62. The van der Waals surface area contributed by atoms with Crippen LogP contribution in [0, 0.1) is 13.8 Å². The van der Waals surface area contributed by atoms with Gasteiger partial charge in [0, 0.05) is 19.5 Å². The van der Waals surface area contributed by atoms with Gasteiger partial charge in [0.15, 0.2) is 6.61 Å². The van der Waals surface area contributed by atoms with Crippen molar-refractivity contribution in [2.45, 2.75) is 33.2 Å². The molecule has 0 saturated heterocycles. The number of nitrogens with one attached hydrogen (secondary N) is 1. The molecule has 2 aromatic carbocycles. The summed E-state index contributed by atoms with van der Waals surface area (Å²) >= 11 is 0. The van der Waals surface area contributed by atoms with Gasteiger partial charge in [-0.3, -0.25) is 14.4 Å². The van der Waals surface area contributed by atoms with Gasteiger partial charge in [0.05, 0.1) is 17.9 Å². The van der Waals surface area contributed by atoms with Gasteiger partial charge >= 0.3 is 0 Å². The van der Waals surface area contributed by atoms with E-state index in [9.17, 15) is 14.4 Å². The van der Waals surface area contributed by atoms with Crippen molar-refractivity contribution in [3.63, 3.8) is 0 Å². The molecule has 1 atom stereocenters. The maximum Gasteiger partial charge on any atom is 0.260 e. The largest absolute Gasteiger partial charge is 0.484 e. The van der Waals surface area contributed by atoms with E-state index in [1.165, 1.54) is 4.90 Å². The first-order valence-corrected chi connectivity index (χ1v) is 9.90. The third kappa shape index (κ3) is 4.97. The highest BCUT2D eigenvalue weighted by Gasteiger charge is 2.30. The number of carbonyl (C=O) groups is 3. The minimum Gasteiger partial charge on any atom is -0.484 e. The number of carbonyl (C=O) groups excluding carboxylic acids is 3. The van der Waals surface area contributed by atoms with E-state index >= 15 is 0 Å². The molecule has 3 amide bonds. The van der Waals surface area contributed by atoms with E-state index < -0.39 is 0 Å². The first kappa shape index (κ1) is 21.4. The molecule has 3 rings (SSSR count). The van der Waals surface area contributed by atoms with Crippen molar-refractivity contribution in [3.05, 3.63) is 53.6 Å². The highest BCUT2D eigenvalue weighted by atomic mass is 16.5. The normalized spacial score (nSPS) is 15.7. The first-order chi connectivity index (χ1) is 14.2. The Labute approximate surface area is 176 Å². The average Bonchev–Trinajstić information content (AvgIpc) is 2.79. The third-order valence-corrected chi connectivity index (χ3v) is 4.98. The van der Waals surface area contributed by atoms with Crippen LogP contribution in [0.25, 0.3) is 0 Å². The summed E-state index contributed by atoms with van der Waals surface area (Å²) in [6.07, 6.45) is 0.188. The van der Waals surface area contributed by atoms with Crippen LogP contribution in [0.3, 0.4) is 0 Å². The smallest absolute Gasteiger partial charge is 0.260 e. The molecule has 0 unspecified atom stereocenters. The zero-order valence-electron chi connectivity index (χ0n) is 17.8. The molecule has 7 nitrogen and oxygen atoms in total. The molecule has 1 aliphatic heterocycles. The van der Waals surface area contributed by atoms with Gasteiger partial charge in [-0.2, -0.15) is 0 Å². The molecule has 30 heavy (non-hydrogen) atoms. The zero-order valence-corrected chi connectivity index (χ0v) is 17.8. The lowest BCUT2D eigenvalue weighted by Gasteiger charge is -2.29. The standard InChI is InChI=1S/C23H27N3O4/c1-15-9-16(2)11-18(10-15)30-14-23(29)25(4)13-22(28)26-17(3)12-21(27)24-19-7-5-6-8-20(19)26/h5-11,17H,12-14H2,1-4H3,(H,24,27)/t17-/m0/s1. The highest BCUT2D eigenvalue weighted by molar-refractivity contribution is 6.05. The lowest BCUT2D eigenvalue weighted by atomic mass is 10.1. The molecule has 0 bridgehead atoms. The zero-order chi connectivity index (χ0) is 21.8. The summed E-state index contributed by atoms with van der Waals surface area (Å²) in [5.74, 6) is -0.0714. The van der Waals surface area contributed by atoms with Crippen LogP contribution < -0.4 is 15.0 Å². The molecule has 2 aromatic rings. The van der Waals surface area contributed by atoms with E-state index in [0.29, 0.717) is 17.1 Å². The summed E-state index contributed by atoms with van der Waals surface area (Å²) in [6, 6.07) is 12.6. The van der Waals surface area contributed by atoms with Gasteiger partial charge in [0.2, 0.25) is 11.8 Å². The van der Waals surface area contributed by atoms with E-state index in [-0.39, 0.29) is 43.3 Å². The van der Waals surface area contributed by atoms with Crippen molar-refractivity contribution < 1.29 is 19.1 Å².